The summed E-state index contributed by atoms with van der Waals surface area (Å²) in [5, 5.41) is 8.33. The largest absolute Gasteiger partial charge is 0.297 e. The van der Waals surface area contributed by atoms with Gasteiger partial charge in [-0.05, 0) is 29.7 Å². The molecule has 106 valence electrons. The number of aromatic nitrogens is 3. The minimum Gasteiger partial charge on any atom is -0.297 e. The first kappa shape index (κ1) is 13.8. The summed E-state index contributed by atoms with van der Waals surface area (Å²) in [4.78, 5) is 0. The smallest absolute Gasteiger partial charge is 0.225 e. The highest BCUT2D eigenvalue weighted by Gasteiger charge is 2.12. The van der Waals surface area contributed by atoms with Gasteiger partial charge < -0.3 is 0 Å². The van der Waals surface area contributed by atoms with Gasteiger partial charge in [-0.1, -0.05) is 48.5 Å². The van der Waals surface area contributed by atoms with Crippen molar-refractivity contribution < 1.29 is 4.39 Å². The van der Waals surface area contributed by atoms with E-state index in [1.54, 1.807) is 16.7 Å². The van der Waals surface area contributed by atoms with Crippen LogP contribution in [0.15, 0.2) is 54.6 Å². The molecule has 3 nitrogen and oxygen atoms in total. The van der Waals surface area contributed by atoms with Crippen LogP contribution in [0.1, 0.15) is 5.56 Å². The van der Waals surface area contributed by atoms with Crippen LogP contribution in [0.25, 0.3) is 11.4 Å². The molecule has 0 atom stereocenters. The fourth-order valence-electron chi connectivity index (χ4n) is 2.22. The van der Waals surface area contributed by atoms with Crippen molar-refractivity contribution in [2.24, 2.45) is 0 Å². The molecule has 1 heterocycles. The van der Waals surface area contributed by atoms with Gasteiger partial charge in [0.25, 0.3) is 0 Å². The van der Waals surface area contributed by atoms with Crippen molar-refractivity contribution in [3.05, 3.63) is 71.3 Å². The molecule has 1 aromatic heterocycles. The normalized spacial score (nSPS) is 10.8. The molecule has 0 unspecified atom stereocenters. The fraction of sp³-hybridized carbons (Fsp3) is 0.125. The van der Waals surface area contributed by atoms with Crippen molar-refractivity contribution in [2.45, 2.75) is 13.0 Å². The maximum atomic E-state index is 13.7. The molecule has 0 aliphatic heterocycles. The zero-order chi connectivity index (χ0) is 14.7. The lowest BCUT2D eigenvalue weighted by Crippen LogP contribution is -2.05. The second-order valence-electron chi connectivity index (χ2n) is 4.65. The van der Waals surface area contributed by atoms with Gasteiger partial charge >= 0.3 is 0 Å². The Labute approximate surface area is 127 Å². The molecule has 2 aromatic carbocycles. The topological polar surface area (TPSA) is 30.7 Å². The predicted octanol–water partition coefficient (Wildman–Crippen LogP) is 3.98. The summed E-state index contributed by atoms with van der Waals surface area (Å²) < 4.78 is 15.5. The lowest BCUT2D eigenvalue weighted by Gasteiger charge is -2.08. The van der Waals surface area contributed by atoms with E-state index in [-0.39, 0.29) is 5.82 Å². The number of hydrogen-bond donors (Lipinski definition) is 0. The minimum absolute atomic E-state index is 0.206. The summed E-state index contributed by atoms with van der Waals surface area (Å²) in [6, 6.07) is 16.4. The Bertz CT molecular complexity index is 740. The van der Waals surface area contributed by atoms with Crippen LogP contribution in [0.2, 0.25) is 5.28 Å². The Morgan fingerprint density at radius 3 is 2.43 bits per heavy atom. The summed E-state index contributed by atoms with van der Waals surface area (Å²) in [6.07, 6.45) is 0.532. The van der Waals surface area contributed by atoms with E-state index in [0.717, 1.165) is 5.56 Å². The SMILES string of the molecule is Fc1ccccc1CCn1c(Cl)nnc1-c1ccccc1. The van der Waals surface area contributed by atoms with Crippen molar-refractivity contribution in [1.82, 2.24) is 14.8 Å². The van der Waals surface area contributed by atoms with Gasteiger partial charge in [-0.25, -0.2) is 4.39 Å². The molecular formula is C16H13ClFN3. The standard InChI is InChI=1S/C16H13ClFN3/c17-16-20-19-15(13-7-2-1-3-8-13)21(16)11-10-12-6-4-5-9-14(12)18/h1-9H,10-11H2. The second kappa shape index (κ2) is 6.06. The van der Waals surface area contributed by atoms with E-state index in [1.807, 2.05) is 36.4 Å². The number of halogens is 2. The Morgan fingerprint density at radius 2 is 1.67 bits per heavy atom. The van der Waals surface area contributed by atoms with Crippen LogP contribution in [0.4, 0.5) is 4.39 Å². The fourth-order valence-corrected chi connectivity index (χ4v) is 2.42. The monoisotopic (exact) mass is 301 g/mol. The van der Waals surface area contributed by atoms with Crippen LogP contribution in [0.5, 0.6) is 0 Å². The average Bonchev–Trinajstić information content (AvgIpc) is 2.88. The molecule has 0 spiro atoms. The summed E-state index contributed by atoms with van der Waals surface area (Å²) in [5.41, 5.74) is 1.59. The summed E-state index contributed by atoms with van der Waals surface area (Å²) in [6.45, 7) is 0.525. The highest BCUT2D eigenvalue weighted by molar-refractivity contribution is 6.28. The van der Waals surface area contributed by atoms with E-state index >= 15 is 0 Å². The minimum atomic E-state index is -0.206. The molecule has 0 fully saturated rings. The molecule has 3 rings (SSSR count). The van der Waals surface area contributed by atoms with E-state index < -0.39 is 0 Å². The van der Waals surface area contributed by atoms with Gasteiger partial charge in [0.15, 0.2) is 5.82 Å². The molecular weight excluding hydrogens is 289 g/mol. The van der Waals surface area contributed by atoms with Crippen molar-refractivity contribution in [1.29, 1.82) is 0 Å². The third-order valence-electron chi connectivity index (χ3n) is 3.30. The van der Waals surface area contributed by atoms with Crippen molar-refractivity contribution in [3.8, 4) is 11.4 Å². The number of benzene rings is 2. The Hall–Kier alpha value is -2.20. The van der Waals surface area contributed by atoms with Crippen molar-refractivity contribution in [3.63, 3.8) is 0 Å². The molecule has 0 saturated heterocycles. The molecule has 5 heteroatoms. The molecule has 0 radical (unpaired) electrons. The third kappa shape index (κ3) is 2.95. The van der Waals surface area contributed by atoms with Gasteiger partial charge in [0.1, 0.15) is 5.82 Å². The lowest BCUT2D eigenvalue weighted by atomic mass is 10.1. The first-order chi connectivity index (χ1) is 10.3. The first-order valence-corrected chi connectivity index (χ1v) is 7.01. The number of rotatable bonds is 4. The maximum Gasteiger partial charge on any atom is 0.225 e. The Morgan fingerprint density at radius 1 is 0.952 bits per heavy atom. The quantitative estimate of drug-likeness (QED) is 0.730. The van der Waals surface area contributed by atoms with E-state index in [2.05, 4.69) is 10.2 Å². The van der Waals surface area contributed by atoms with Crippen molar-refractivity contribution in [2.75, 3.05) is 0 Å². The van der Waals surface area contributed by atoms with E-state index in [9.17, 15) is 4.39 Å². The van der Waals surface area contributed by atoms with Crippen molar-refractivity contribution >= 4 is 11.6 Å². The molecule has 0 aliphatic carbocycles. The van der Waals surface area contributed by atoms with Gasteiger partial charge in [0.2, 0.25) is 5.28 Å². The molecule has 0 bridgehead atoms. The summed E-state index contributed by atoms with van der Waals surface area (Å²) >= 11 is 6.10. The zero-order valence-corrected chi connectivity index (χ0v) is 12.0. The van der Waals surface area contributed by atoms with E-state index in [4.69, 9.17) is 11.6 Å². The Balaban J connectivity index is 1.86. The van der Waals surface area contributed by atoms with Crippen LogP contribution in [0.3, 0.4) is 0 Å². The van der Waals surface area contributed by atoms with Crippen LogP contribution in [-0.2, 0) is 13.0 Å². The Kier molecular flexibility index (Phi) is 3.97. The zero-order valence-electron chi connectivity index (χ0n) is 11.2. The molecule has 3 aromatic rings. The molecule has 0 saturated carbocycles. The summed E-state index contributed by atoms with van der Waals surface area (Å²) in [7, 11) is 0. The van der Waals surface area contributed by atoms with Gasteiger partial charge in [0, 0.05) is 12.1 Å². The maximum absolute atomic E-state index is 13.7. The number of nitrogens with zero attached hydrogens (tertiary/aromatic N) is 3. The lowest BCUT2D eigenvalue weighted by molar-refractivity contribution is 0.594. The highest BCUT2D eigenvalue weighted by atomic mass is 35.5. The van der Waals surface area contributed by atoms with Crippen LogP contribution in [-0.4, -0.2) is 14.8 Å². The van der Waals surface area contributed by atoms with Gasteiger partial charge in [-0.3, -0.25) is 4.57 Å². The van der Waals surface area contributed by atoms with E-state index in [1.165, 1.54) is 6.07 Å². The second-order valence-corrected chi connectivity index (χ2v) is 4.99. The third-order valence-corrected chi connectivity index (χ3v) is 3.58. The molecule has 0 aliphatic rings. The number of aryl methyl sites for hydroxylation is 1. The van der Waals surface area contributed by atoms with Gasteiger partial charge in [0.05, 0.1) is 0 Å². The van der Waals surface area contributed by atoms with Crippen LogP contribution < -0.4 is 0 Å². The molecule has 0 amide bonds. The predicted molar refractivity (Wildman–Crippen MR) is 80.6 cm³/mol. The van der Waals surface area contributed by atoms with Crippen LogP contribution >= 0.6 is 11.6 Å². The molecule has 21 heavy (non-hydrogen) atoms. The highest BCUT2D eigenvalue weighted by Crippen LogP contribution is 2.21. The summed E-state index contributed by atoms with van der Waals surface area (Å²) in [5.74, 6) is 0.486. The van der Waals surface area contributed by atoms with Gasteiger partial charge in [-0.15, -0.1) is 10.2 Å². The first-order valence-electron chi connectivity index (χ1n) is 6.63. The average molecular weight is 302 g/mol. The molecule has 0 N–H and O–H groups in total. The van der Waals surface area contributed by atoms with Crippen LogP contribution in [0, 0.1) is 5.82 Å². The van der Waals surface area contributed by atoms with Gasteiger partial charge in [-0.2, -0.15) is 0 Å². The van der Waals surface area contributed by atoms with E-state index in [0.29, 0.717) is 29.6 Å². The number of hydrogen-bond acceptors (Lipinski definition) is 2.